The Morgan fingerprint density at radius 3 is 2.54 bits per heavy atom. The number of halogens is 4. The molecule has 0 unspecified atom stereocenters. The SMILES string of the molecule is Cc1nn(C(F)F)c(C)c1S(=O)(=O)Nc1ncn(Cc2ccc(Cl)cc2Cl)n1. The van der Waals surface area contributed by atoms with E-state index in [0.717, 1.165) is 0 Å². The van der Waals surface area contributed by atoms with E-state index in [1.165, 1.54) is 24.9 Å². The van der Waals surface area contributed by atoms with Gasteiger partial charge in [0.1, 0.15) is 11.2 Å². The highest BCUT2D eigenvalue weighted by atomic mass is 35.5. The van der Waals surface area contributed by atoms with Crippen LogP contribution in [0.3, 0.4) is 0 Å². The molecular formula is C15H14Cl2F2N6O2S. The van der Waals surface area contributed by atoms with Gasteiger partial charge < -0.3 is 0 Å². The smallest absolute Gasteiger partial charge is 0.246 e. The molecule has 1 aromatic carbocycles. The summed E-state index contributed by atoms with van der Waals surface area (Å²) in [6.45, 7) is -0.153. The van der Waals surface area contributed by atoms with Gasteiger partial charge in [0.05, 0.1) is 17.9 Å². The van der Waals surface area contributed by atoms with Gasteiger partial charge in [-0.25, -0.2) is 22.5 Å². The average Bonchev–Trinajstić information content (AvgIpc) is 3.13. The summed E-state index contributed by atoms with van der Waals surface area (Å²) in [5, 5.41) is 8.51. The van der Waals surface area contributed by atoms with Gasteiger partial charge in [0, 0.05) is 10.0 Å². The summed E-state index contributed by atoms with van der Waals surface area (Å²) in [5.74, 6) is -0.214. The summed E-state index contributed by atoms with van der Waals surface area (Å²) >= 11 is 12.0. The summed E-state index contributed by atoms with van der Waals surface area (Å²) in [6, 6.07) is 4.95. The number of rotatable bonds is 6. The lowest BCUT2D eigenvalue weighted by Crippen LogP contribution is -2.16. The fourth-order valence-electron chi connectivity index (χ4n) is 2.64. The zero-order chi connectivity index (χ0) is 20.6. The molecule has 0 atom stereocenters. The molecule has 0 saturated carbocycles. The van der Waals surface area contributed by atoms with Gasteiger partial charge in [0.25, 0.3) is 16.0 Å². The molecule has 0 aliphatic carbocycles. The Kier molecular flexibility index (Phi) is 5.60. The monoisotopic (exact) mass is 450 g/mol. The number of hydrogen-bond donors (Lipinski definition) is 1. The minimum atomic E-state index is -4.21. The van der Waals surface area contributed by atoms with Crippen LogP contribution >= 0.6 is 23.2 Å². The predicted octanol–water partition coefficient (Wildman–Crippen LogP) is 3.64. The van der Waals surface area contributed by atoms with E-state index in [2.05, 4.69) is 19.9 Å². The van der Waals surface area contributed by atoms with E-state index in [0.29, 0.717) is 20.3 Å². The van der Waals surface area contributed by atoms with Crippen molar-refractivity contribution in [2.75, 3.05) is 4.72 Å². The van der Waals surface area contributed by atoms with Crippen LogP contribution in [0.25, 0.3) is 0 Å². The molecule has 8 nitrogen and oxygen atoms in total. The van der Waals surface area contributed by atoms with Gasteiger partial charge in [0.2, 0.25) is 0 Å². The second kappa shape index (κ2) is 7.64. The number of hydrogen-bond acceptors (Lipinski definition) is 5. The van der Waals surface area contributed by atoms with Crippen molar-refractivity contribution in [1.82, 2.24) is 24.5 Å². The highest BCUT2D eigenvalue weighted by molar-refractivity contribution is 7.92. The Morgan fingerprint density at radius 1 is 1.21 bits per heavy atom. The highest BCUT2D eigenvalue weighted by Gasteiger charge is 2.28. The van der Waals surface area contributed by atoms with Gasteiger partial charge in [-0.3, -0.25) is 0 Å². The molecule has 1 N–H and O–H groups in total. The Bertz CT molecular complexity index is 1130. The first-order chi connectivity index (χ1) is 13.1. The number of aromatic nitrogens is 5. The minimum absolute atomic E-state index is 0.0577. The third kappa shape index (κ3) is 4.10. The first-order valence-corrected chi connectivity index (χ1v) is 10.0. The molecule has 0 bridgehead atoms. The predicted molar refractivity (Wildman–Crippen MR) is 99.3 cm³/mol. The normalized spacial score (nSPS) is 12.0. The minimum Gasteiger partial charge on any atom is -0.246 e. The van der Waals surface area contributed by atoms with E-state index >= 15 is 0 Å². The molecule has 0 saturated heterocycles. The van der Waals surface area contributed by atoms with Crippen LogP contribution < -0.4 is 4.72 Å². The highest BCUT2D eigenvalue weighted by Crippen LogP contribution is 2.25. The molecule has 0 radical (unpaired) electrons. The summed E-state index contributed by atoms with van der Waals surface area (Å²) in [5.41, 5.74) is 0.459. The van der Waals surface area contributed by atoms with Crippen LogP contribution in [-0.4, -0.2) is 33.0 Å². The molecular weight excluding hydrogens is 437 g/mol. The molecule has 2 aromatic heterocycles. The van der Waals surface area contributed by atoms with Crippen molar-refractivity contribution in [3.05, 3.63) is 51.5 Å². The van der Waals surface area contributed by atoms with Gasteiger partial charge in [-0.05, 0) is 31.5 Å². The fourth-order valence-corrected chi connectivity index (χ4v) is 4.46. The Balaban J connectivity index is 1.83. The van der Waals surface area contributed by atoms with Crippen molar-refractivity contribution in [3.8, 4) is 0 Å². The third-order valence-electron chi connectivity index (χ3n) is 3.82. The topological polar surface area (TPSA) is 94.7 Å². The molecule has 3 rings (SSSR count). The Morgan fingerprint density at radius 2 is 1.93 bits per heavy atom. The quantitative estimate of drug-likeness (QED) is 0.618. The van der Waals surface area contributed by atoms with Crippen LogP contribution in [0, 0.1) is 13.8 Å². The lowest BCUT2D eigenvalue weighted by Gasteiger charge is -2.06. The first kappa shape index (κ1) is 20.5. The van der Waals surface area contributed by atoms with Crippen molar-refractivity contribution in [3.63, 3.8) is 0 Å². The number of sulfonamides is 1. The second-order valence-electron chi connectivity index (χ2n) is 5.83. The van der Waals surface area contributed by atoms with Crippen molar-refractivity contribution < 1.29 is 17.2 Å². The number of nitrogens with zero attached hydrogens (tertiary/aromatic N) is 5. The molecule has 0 aliphatic rings. The molecule has 150 valence electrons. The van der Waals surface area contributed by atoms with E-state index in [-0.39, 0.29) is 28.8 Å². The lowest BCUT2D eigenvalue weighted by atomic mass is 10.2. The largest absolute Gasteiger partial charge is 0.333 e. The van der Waals surface area contributed by atoms with Gasteiger partial charge >= 0.3 is 6.55 Å². The summed E-state index contributed by atoms with van der Waals surface area (Å²) in [4.78, 5) is 3.55. The molecule has 0 amide bonds. The zero-order valence-electron chi connectivity index (χ0n) is 14.6. The molecule has 13 heteroatoms. The summed E-state index contributed by atoms with van der Waals surface area (Å²) in [6.07, 6.45) is 1.31. The molecule has 0 aliphatic heterocycles. The number of nitrogens with one attached hydrogen (secondary N) is 1. The van der Waals surface area contributed by atoms with Crippen LogP contribution in [-0.2, 0) is 16.6 Å². The first-order valence-electron chi connectivity index (χ1n) is 7.78. The Hall–Kier alpha value is -2.24. The van der Waals surface area contributed by atoms with Crippen molar-refractivity contribution in [2.24, 2.45) is 0 Å². The Labute approximate surface area is 169 Å². The van der Waals surface area contributed by atoms with E-state index in [1.807, 2.05) is 0 Å². The van der Waals surface area contributed by atoms with Crippen molar-refractivity contribution in [1.29, 1.82) is 0 Å². The van der Waals surface area contributed by atoms with Gasteiger partial charge in [-0.1, -0.05) is 29.3 Å². The van der Waals surface area contributed by atoms with Crippen LogP contribution in [0.2, 0.25) is 10.0 Å². The van der Waals surface area contributed by atoms with Crippen LogP contribution in [0.4, 0.5) is 14.7 Å². The number of benzene rings is 1. The number of anilines is 1. The van der Waals surface area contributed by atoms with E-state index in [9.17, 15) is 17.2 Å². The maximum atomic E-state index is 12.9. The van der Waals surface area contributed by atoms with Crippen molar-refractivity contribution in [2.45, 2.75) is 31.8 Å². The van der Waals surface area contributed by atoms with Crippen LogP contribution in [0.5, 0.6) is 0 Å². The lowest BCUT2D eigenvalue weighted by molar-refractivity contribution is 0.0538. The average molecular weight is 451 g/mol. The third-order valence-corrected chi connectivity index (χ3v) is 5.99. The van der Waals surface area contributed by atoms with Gasteiger partial charge in [0.15, 0.2) is 0 Å². The maximum absolute atomic E-state index is 12.9. The summed E-state index contributed by atoms with van der Waals surface area (Å²) < 4.78 is 55.0. The second-order valence-corrected chi connectivity index (χ2v) is 8.29. The van der Waals surface area contributed by atoms with E-state index < -0.39 is 16.6 Å². The maximum Gasteiger partial charge on any atom is 0.333 e. The molecule has 28 heavy (non-hydrogen) atoms. The molecule has 2 heterocycles. The zero-order valence-corrected chi connectivity index (χ0v) is 16.9. The van der Waals surface area contributed by atoms with Crippen LogP contribution in [0.1, 0.15) is 23.5 Å². The van der Waals surface area contributed by atoms with Gasteiger partial charge in [-0.15, -0.1) is 5.10 Å². The molecule has 0 fully saturated rings. The van der Waals surface area contributed by atoms with Crippen molar-refractivity contribution >= 4 is 39.2 Å². The summed E-state index contributed by atoms with van der Waals surface area (Å²) in [7, 11) is -4.21. The number of alkyl halides is 2. The van der Waals surface area contributed by atoms with E-state index in [4.69, 9.17) is 23.2 Å². The molecule has 3 aromatic rings. The van der Waals surface area contributed by atoms with Gasteiger partial charge in [-0.2, -0.15) is 18.9 Å². The van der Waals surface area contributed by atoms with Crippen LogP contribution in [0.15, 0.2) is 29.4 Å². The number of aryl methyl sites for hydroxylation is 1. The fraction of sp³-hybridized carbons (Fsp3) is 0.267. The standard InChI is InChI=1S/C15H14Cl2F2N6O2S/c1-8-13(9(2)25(21-8)14(18)19)28(26,27)23-15-20-7-24(22-15)6-10-3-4-11(16)5-12(10)17/h3-5,7,14H,6H2,1-2H3,(H,22,23). The molecule has 0 spiro atoms. The van der Waals surface area contributed by atoms with E-state index in [1.54, 1.807) is 18.2 Å².